The van der Waals surface area contributed by atoms with Gasteiger partial charge in [-0.1, -0.05) is 83.9 Å². The van der Waals surface area contributed by atoms with E-state index in [-0.39, 0.29) is 16.3 Å². The fraction of sp³-hybridized carbons (Fsp3) is 0.103. The van der Waals surface area contributed by atoms with Gasteiger partial charge in [0, 0.05) is 47.5 Å². The summed E-state index contributed by atoms with van der Waals surface area (Å²) in [6.45, 7) is 0.594. The highest BCUT2D eigenvalue weighted by molar-refractivity contribution is 7.91. The van der Waals surface area contributed by atoms with Crippen molar-refractivity contribution in [1.29, 1.82) is 0 Å². The number of hydrogen-bond acceptors (Lipinski definition) is 11. The quantitative estimate of drug-likeness (QED) is 0.137. The number of para-hydroxylation sites is 2. The minimum absolute atomic E-state index is 0.207. The van der Waals surface area contributed by atoms with E-state index in [1.807, 2.05) is 36.4 Å². The van der Waals surface area contributed by atoms with E-state index in [4.69, 9.17) is 33.9 Å². The lowest BCUT2D eigenvalue weighted by molar-refractivity contribution is 0.600. The number of aromatic amines is 1. The molecule has 0 aliphatic heterocycles. The number of imidazole rings is 1. The van der Waals surface area contributed by atoms with Crippen LogP contribution in [0.4, 0.5) is 5.82 Å². The Morgan fingerprint density at radius 2 is 1.20 bits per heavy atom. The van der Waals surface area contributed by atoms with Crippen LogP contribution >= 0.6 is 23.2 Å². The molecule has 0 radical (unpaired) electrons. The van der Waals surface area contributed by atoms with E-state index in [1.165, 1.54) is 18.8 Å². The molecule has 4 N–H and O–H groups in total. The van der Waals surface area contributed by atoms with Crippen LogP contribution in [-0.2, 0) is 32.8 Å². The lowest BCUT2D eigenvalue weighted by atomic mass is 10.0. The zero-order valence-corrected chi connectivity index (χ0v) is 32.5. The Morgan fingerprint density at radius 1 is 0.673 bits per heavy atom. The SMILES string of the molecule is CS(=O)(=O)c1ccccc1-c1nc2c(Cl)cccc2cc1CN.CS(=O)(=O)c1ccccc1-c1nc2c(Cl)cccc2cc1CNc1ncnc2nc[nH]c12. The molecule has 4 heterocycles. The number of nitrogens with one attached hydrogen (secondary N) is 2. The maximum absolute atomic E-state index is 12.5. The van der Waals surface area contributed by atoms with Gasteiger partial charge in [-0.15, -0.1) is 0 Å². The van der Waals surface area contributed by atoms with E-state index in [0.717, 1.165) is 21.9 Å². The van der Waals surface area contributed by atoms with Crippen LogP contribution in [0.15, 0.2) is 120 Å². The highest BCUT2D eigenvalue weighted by Gasteiger charge is 2.21. The van der Waals surface area contributed by atoms with Crippen LogP contribution in [0.25, 0.3) is 55.5 Å². The average Bonchev–Trinajstić information content (AvgIpc) is 3.66. The highest BCUT2D eigenvalue weighted by atomic mass is 35.5. The molecule has 0 unspecified atom stereocenters. The van der Waals surface area contributed by atoms with Crippen molar-refractivity contribution in [3.63, 3.8) is 0 Å². The number of nitrogens with two attached hydrogens (primary N) is 1. The number of H-pyrrole nitrogens is 1. The zero-order chi connectivity index (χ0) is 38.9. The van der Waals surface area contributed by atoms with Gasteiger partial charge in [-0.25, -0.2) is 41.8 Å². The number of rotatable bonds is 8. The second-order valence-electron chi connectivity index (χ2n) is 12.5. The van der Waals surface area contributed by atoms with E-state index in [1.54, 1.807) is 67.0 Å². The molecule has 0 spiro atoms. The van der Waals surface area contributed by atoms with Crippen molar-refractivity contribution < 1.29 is 16.8 Å². The minimum atomic E-state index is -3.48. The molecular formula is C39H32Cl2N8O4S2. The topological polar surface area (TPSA) is 187 Å². The third kappa shape index (κ3) is 7.86. The van der Waals surface area contributed by atoms with Crippen LogP contribution in [-0.4, -0.2) is 59.3 Å². The monoisotopic (exact) mass is 810 g/mol. The van der Waals surface area contributed by atoms with Gasteiger partial charge in [0.15, 0.2) is 31.1 Å². The fourth-order valence-electron chi connectivity index (χ4n) is 6.22. The molecule has 0 saturated carbocycles. The van der Waals surface area contributed by atoms with Crippen LogP contribution in [0, 0.1) is 0 Å². The van der Waals surface area contributed by atoms with Crippen molar-refractivity contribution >= 4 is 81.7 Å². The van der Waals surface area contributed by atoms with Crippen molar-refractivity contribution in [2.24, 2.45) is 5.73 Å². The van der Waals surface area contributed by atoms with Crippen LogP contribution in [0.2, 0.25) is 10.0 Å². The third-order valence-corrected chi connectivity index (χ3v) is 11.6. The molecule has 16 heteroatoms. The van der Waals surface area contributed by atoms with Crippen molar-refractivity contribution in [2.45, 2.75) is 22.9 Å². The summed E-state index contributed by atoms with van der Waals surface area (Å²) in [5, 5.41) is 6.03. The van der Waals surface area contributed by atoms with Gasteiger partial charge in [0.05, 0.1) is 48.6 Å². The molecule has 12 nitrogen and oxygen atoms in total. The summed E-state index contributed by atoms with van der Waals surface area (Å²) in [6, 6.07) is 28.5. The Kier molecular flexibility index (Phi) is 10.5. The van der Waals surface area contributed by atoms with Gasteiger partial charge < -0.3 is 16.0 Å². The molecule has 8 aromatic rings. The first-order chi connectivity index (χ1) is 26.3. The number of anilines is 1. The first-order valence-electron chi connectivity index (χ1n) is 16.7. The molecule has 8 rings (SSSR count). The number of pyridine rings is 2. The number of sulfone groups is 2. The van der Waals surface area contributed by atoms with Gasteiger partial charge in [-0.3, -0.25) is 0 Å². The number of hydrogen-bond donors (Lipinski definition) is 3. The number of benzene rings is 4. The van der Waals surface area contributed by atoms with Crippen LogP contribution in [0.3, 0.4) is 0 Å². The van der Waals surface area contributed by atoms with Crippen molar-refractivity contribution in [2.75, 3.05) is 17.8 Å². The molecule has 0 amide bonds. The predicted molar refractivity (Wildman–Crippen MR) is 217 cm³/mol. The third-order valence-electron chi connectivity index (χ3n) is 8.72. The summed E-state index contributed by atoms with van der Waals surface area (Å²) in [4.78, 5) is 25.4. The molecule has 4 aromatic carbocycles. The summed E-state index contributed by atoms with van der Waals surface area (Å²) in [5.74, 6) is 0.584. The van der Waals surface area contributed by atoms with Gasteiger partial charge in [0.1, 0.15) is 11.8 Å². The molecule has 0 aliphatic rings. The summed E-state index contributed by atoms with van der Waals surface area (Å²) in [7, 11) is -6.86. The molecular weight excluding hydrogens is 780 g/mol. The smallest absolute Gasteiger partial charge is 0.182 e. The average molecular weight is 812 g/mol. The van der Waals surface area contributed by atoms with Gasteiger partial charge in [-0.2, -0.15) is 0 Å². The molecule has 0 fully saturated rings. The van der Waals surface area contributed by atoms with Gasteiger partial charge >= 0.3 is 0 Å². The van der Waals surface area contributed by atoms with Gasteiger partial charge in [0.25, 0.3) is 0 Å². The minimum Gasteiger partial charge on any atom is -0.364 e. The standard InChI is InChI=1S/C22H17ClN6O2S.C17H15ClN2O2S/c1-32(30,31)17-8-3-2-6-15(17)18-14(9-13-5-4-7-16(23)19(13)29-18)10-24-21-20-22(26-11-25-20)28-12-27-21;1-23(21,22)15-8-3-2-6-13(15)16-12(10-19)9-11-5-4-7-14(18)17(11)20-16/h2-9,11-12H,10H2,1H3,(H2,24,25,26,27,28);2-9H,10,19H2,1H3. The molecule has 0 bridgehead atoms. The first-order valence-corrected chi connectivity index (χ1v) is 21.2. The van der Waals surface area contributed by atoms with Crippen molar-refractivity contribution in [3.8, 4) is 22.5 Å². The summed E-state index contributed by atoms with van der Waals surface area (Å²) in [6.07, 6.45) is 5.36. The number of aromatic nitrogens is 6. The second-order valence-corrected chi connectivity index (χ2v) is 17.3. The Hall–Kier alpha value is -5.51. The second kappa shape index (κ2) is 15.3. The Balaban J connectivity index is 0.000000179. The van der Waals surface area contributed by atoms with E-state index >= 15 is 0 Å². The first kappa shape index (κ1) is 37.8. The predicted octanol–water partition coefficient (Wildman–Crippen LogP) is 7.65. The molecule has 4 aromatic heterocycles. The molecule has 0 atom stereocenters. The molecule has 55 heavy (non-hydrogen) atoms. The zero-order valence-electron chi connectivity index (χ0n) is 29.3. The van der Waals surface area contributed by atoms with E-state index < -0.39 is 19.7 Å². The fourth-order valence-corrected chi connectivity index (χ4v) is 8.45. The summed E-state index contributed by atoms with van der Waals surface area (Å²) in [5.41, 5.74) is 12.0. The largest absolute Gasteiger partial charge is 0.364 e. The Labute approximate surface area is 326 Å². The molecule has 0 saturated heterocycles. The number of nitrogens with zero attached hydrogens (tertiary/aromatic N) is 5. The Morgan fingerprint density at radius 3 is 1.75 bits per heavy atom. The van der Waals surface area contributed by atoms with E-state index in [0.29, 0.717) is 67.1 Å². The molecule has 278 valence electrons. The van der Waals surface area contributed by atoms with E-state index in [2.05, 4.69) is 30.2 Å². The normalized spacial score (nSPS) is 11.8. The van der Waals surface area contributed by atoms with Crippen LogP contribution in [0.5, 0.6) is 0 Å². The number of halogens is 2. The van der Waals surface area contributed by atoms with Crippen molar-refractivity contribution in [3.05, 3.63) is 131 Å². The maximum Gasteiger partial charge on any atom is 0.182 e. The summed E-state index contributed by atoms with van der Waals surface area (Å²) < 4.78 is 49.1. The van der Waals surface area contributed by atoms with E-state index in [9.17, 15) is 16.8 Å². The lowest BCUT2D eigenvalue weighted by Crippen LogP contribution is -2.07. The summed E-state index contributed by atoms with van der Waals surface area (Å²) >= 11 is 12.6. The maximum atomic E-state index is 12.5. The lowest BCUT2D eigenvalue weighted by Gasteiger charge is -2.15. The number of fused-ring (bicyclic) bond motifs is 3. The van der Waals surface area contributed by atoms with Crippen LogP contribution in [0.1, 0.15) is 11.1 Å². The highest BCUT2D eigenvalue weighted by Crippen LogP contribution is 2.35. The van der Waals surface area contributed by atoms with Crippen LogP contribution < -0.4 is 11.1 Å². The van der Waals surface area contributed by atoms with Gasteiger partial charge in [-0.05, 0) is 47.5 Å². The van der Waals surface area contributed by atoms with Gasteiger partial charge in [0.2, 0.25) is 0 Å². The van der Waals surface area contributed by atoms with Crippen molar-refractivity contribution in [1.82, 2.24) is 29.9 Å². The molecule has 0 aliphatic carbocycles. The Bertz CT molecular complexity index is 2980.